The third-order valence-corrected chi connectivity index (χ3v) is 2.91. The highest BCUT2D eigenvalue weighted by Crippen LogP contribution is 2.19. The molecule has 0 saturated heterocycles. The van der Waals surface area contributed by atoms with Crippen molar-refractivity contribution in [3.63, 3.8) is 0 Å². The van der Waals surface area contributed by atoms with Crippen LogP contribution < -0.4 is 0 Å². The van der Waals surface area contributed by atoms with Gasteiger partial charge >= 0.3 is 0 Å². The zero-order valence-corrected chi connectivity index (χ0v) is 10.0. The van der Waals surface area contributed by atoms with Gasteiger partial charge in [0.15, 0.2) is 0 Å². The summed E-state index contributed by atoms with van der Waals surface area (Å²) >= 11 is 0. The Kier molecular flexibility index (Phi) is 2.97. The van der Waals surface area contributed by atoms with Crippen molar-refractivity contribution in [1.29, 1.82) is 0 Å². The molecule has 0 amide bonds. The highest BCUT2D eigenvalue weighted by atomic mass is 16.3. The normalized spacial score (nSPS) is 11.3. The Morgan fingerprint density at radius 3 is 2.50 bits per heavy atom. The molecule has 3 aromatic rings. The lowest BCUT2D eigenvalue weighted by Crippen LogP contribution is -1.74. The summed E-state index contributed by atoms with van der Waals surface area (Å²) in [5.41, 5.74) is 2.18. The average molecular weight is 234 g/mol. The van der Waals surface area contributed by atoms with Crippen molar-refractivity contribution in [3.8, 4) is 0 Å². The molecule has 88 valence electrons. The Morgan fingerprint density at radius 1 is 0.889 bits per heavy atom. The van der Waals surface area contributed by atoms with E-state index in [9.17, 15) is 0 Å². The number of benzene rings is 2. The minimum absolute atomic E-state index is 0.823. The number of hydrogen-bond donors (Lipinski definition) is 0. The van der Waals surface area contributed by atoms with Crippen LogP contribution in [-0.2, 0) is 6.42 Å². The third-order valence-electron chi connectivity index (χ3n) is 2.91. The summed E-state index contributed by atoms with van der Waals surface area (Å²) in [5.74, 6) is 1.00. The first-order chi connectivity index (χ1) is 8.92. The summed E-state index contributed by atoms with van der Waals surface area (Å²) in [5, 5.41) is 1.17. The van der Waals surface area contributed by atoms with Gasteiger partial charge in [-0.15, -0.1) is 0 Å². The largest absolute Gasteiger partial charge is 0.461 e. The number of fused-ring (bicyclic) bond motifs is 1. The maximum Gasteiger partial charge on any atom is 0.134 e. The molecule has 0 radical (unpaired) electrons. The van der Waals surface area contributed by atoms with E-state index in [0.717, 1.165) is 17.8 Å². The van der Waals surface area contributed by atoms with Crippen LogP contribution in [0.5, 0.6) is 0 Å². The minimum Gasteiger partial charge on any atom is -0.461 e. The first-order valence-corrected chi connectivity index (χ1v) is 6.11. The number of allylic oxidation sites excluding steroid dienone is 1. The van der Waals surface area contributed by atoms with E-state index in [-0.39, 0.29) is 0 Å². The second kappa shape index (κ2) is 4.92. The lowest BCUT2D eigenvalue weighted by molar-refractivity contribution is 0.565. The van der Waals surface area contributed by atoms with Gasteiger partial charge in [-0.2, -0.15) is 0 Å². The fourth-order valence-electron chi connectivity index (χ4n) is 2.01. The van der Waals surface area contributed by atoms with Crippen molar-refractivity contribution in [2.45, 2.75) is 6.42 Å². The molecule has 0 fully saturated rings. The molecule has 0 aliphatic carbocycles. The van der Waals surface area contributed by atoms with Crippen molar-refractivity contribution in [2.24, 2.45) is 0 Å². The van der Waals surface area contributed by atoms with E-state index in [1.807, 2.05) is 36.4 Å². The Morgan fingerprint density at radius 2 is 1.67 bits per heavy atom. The standard InChI is InChI=1S/C17H14O/c1-2-7-14(8-3-1)9-6-11-16-13-15-10-4-5-12-17(15)18-16/h1-10,12-13H,11H2/b9-6+. The van der Waals surface area contributed by atoms with E-state index in [1.54, 1.807) is 0 Å². The lowest BCUT2D eigenvalue weighted by Gasteiger charge is -1.91. The Labute approximate surface area is 106 Å². The Hall–Kier alpha value is -2.28. The van der Waals surface area contributed by atoms with Crippen LogP contribution in [0.1, 0.15) is 11.3 Å². The summed E-state index contributed by atoms with van der Waals surface area (Å²) < 4.78 is 5.75. The minimum atomic E-state index is 0.823. The van der Waals surface area contributed by atoms with Crippen molar-refractivity contribution >= 4 is 17.0 Å². The van der Waals surface area contributed by atoms with Gasteiger partial charge < -0.3 is 4.42 Å². The predicted molar refractivity (Wildman–Crippen MR) is 75.4 cm³/mol. The number of hydrogen-bond acceptors (Lipinski definition) is 1. The van der Waals surface area contributed by atoms with E-state index in [2.05, 4.69) is 36.4 Å². The number of furan rings is 1. The molecule has 0 bridgehead atoms. The highest BCUT2D eigenvalue weighted by Gasteiger charge is 2.00. The summed E-state index contributed by atoms with van der Waals surface area (Å²) in [7, 11) is 0. The molecule has 0 saturated carbocycles. The lowest BCUT2D eigenvalue weighted by atomic mass is 10.2. The molecule has 1 heterocycles. The van der Waals surface area contributed by atoms with Crippen LogP contribution in [0, 0.1) is 0 Å². The number of rotatable bonds is 3. The quantitative estimate of drug-likeness (QED) is 0.640. The van der Waals surface area contributed by atoms with Crippen LogP contribution in [0.15, 0.2) is 71.2 Å². The van der Waals surface area contributed by atoms with Gasteiger partial charge in [0.25, 0.3) is 0 Å². The van der Waals surface area contributed by atoms with Gasteiger partial charge in [0.1, 0.15) is 11.3 Å². The molecule has 0 unspecified atom stereocenters. The van der Waals surface area contributed by atoms with E-state index < -0.39 is 0 Å². The molecule has 1 aromatic heterocycles. The average Bonchev–Trinajstić information content (AvgIpc) is 2.82. The zero-order valence-electron chi connectivity index (χ0n) is 10.0. The number of para-hydroxylation sites is 1. The van der Waals surface area contributed by atoms with Crippen molar-refractivity contribution in [1.82, 2.24) is 0 Å². The fraction of sp³-hybridized carbons (Fsp3) is 0.0588. The Balaban J connectivity index is 1.75. The van der Waals surface area contributed by atoms with E-state index >= 15 is 0 Å². The van der Waals surface area contributed by atoms with Crippen molar-refractivity contribution < 1.29 is 4.42 Å². The maximum absolute atomic E-state index is 5.75. The van der Waals surface area contributed by atoms with Crippen LogP contribution in [0.3, 0.4) is 0 Å². The van der Waals surface area contributed by atoms with Gasteiger partial charge in [0.05, 0.1) is 0 Å². The molecule has 0 atom stereocenters. The predicted octanol–water partition coefficient (Wildman–Crippen LogP) is 4.69. The van der Waals surface area contributed by atoms with Crippen LogP contribution >= 0.6 is 0 Å². The smallest absolute Gasteiger partial charge is 0.134 e. The molecule has 0 N–H and O–H groups in total. The summed E-state index contributed by atoms with van der Waals surface area (Å²) in [6.07, 6.45) is 5.07. The second-order valence-electron chi connectivity index (χ2n) is 4.27. The molecule has 0 spiro atoms. The van der Waals surface area contributed by atoms with Crippen LogP contribution in [-0.4, -0.2) is 0 Å². The van der Waals surface area contributed by atoms with Gasteiger partial charge in [-0.1, -0.05) is 60.7 Å². The molecule has 1 nitrogen and oxygen atoms in total. The monoisotopic (exact) mass is 234 g/mol. The molecular weight excluding hydrogens is 220 g/mol. The van der Waals surface area contributed by atoms with Gasteiger partial charge in [-0.3, -0.25) is 0 Å². The molecule has 1 heteroatoms. The molecule has 0 aliphatic heterocycles. The van der Waals surface area contributed by atoms with Crippen LogP contribution in [0.25, 0.3) is 17.0 Å². The zero-order chi connectivity index (χ0) is 12.2. The molecule has 3 rings (SSSR count). The Bertz CT molecular complexity index is 629. The van der Waals surface area contributed by atoms with Crippen LogP contribution in [0.2, 0.25) is 0 Å². The first kappa shape index (κ1) is 10.8. The highest BCUT2D eigenvalue weighted by molar-refractivity contribution is 5.77. The van der Waals surface area contributed by atoms with E-state index in [4.69, 9.17) is 4.42 Å². The van der Waals surface area contributed by atoms with Crippen molar-refractivity contribution in [3.05, 3.63) is 78.1 Å². The first-order valence-electron chi connectivity index (χ1n) is 6.11. The van der Waals surface area contributed by atoms with Crippen LogP contribution in [0.4, 0.5) is 0 Å². The summed E-state index contributed by atoms with van der Waals surface area (Å²) in [6, 6.07) is 20.5. The van der Waals surface area contributed by atoms with Gasteiger partial charge in [-0.25, -0.2) is 0 Å². The topological polar surface area (TPSA) is 13.1 Å². The van der Waals surface area contributed by atoms with E-state index in [1.165, 1.54) is 10.9 Å². The maximum atomic E-state index is 5.75. The molecule has 18 heavy (non-hydrogen) atoms. The molecular formula is C17H14O. The SMILES string of the molecule is C(=C\c1ccccc1)/Cc1cc2ccccc2o1. The molecule has 2 aromatic carbocycles. The summed E-state index contributed by atoms with van der Waals surface area (Å²) in [4.78, 5) is 0. The second-order valence-corrected chi connectivity index (χ2v) is 4.27. The van der Waals surface area contributed by atoms with Gasteiger partial charge in [0.2, 0.25) is 0 Å². The summed E-state index contributed by atoms with van der Waals surface area (Å²) in [6.45, 7) is 0. The molecule has 0 aliphatic rings. The third kappa shape index (κ3) is 2.35. The van der Waals surface area contributed by atoms with Gasteiger partial charge in [0, 0.05) is 11.8 Å². The van der Waals surface area contributed by atoms with E-state index in [0.29, 0.717) is 0 Å². The van der Waals surface area contributed by atoms with Crippen molar-refractivity contribution in [2.75, 3.05) is 0 Å². The van der Waals surface area contributed by atoms with Gasteiger partial charge in [-0.05, 0) is 17.7 Å². The fourth-order valence-corrected chi connectivity index (χ4v) is 2.01.